The zero-order valence-corrected chi connectivity index (χ0v) is 13.9. The number of carboxylic acid groups (broad SMARTS) is 1. The summed E-state index contributed by atoms with van der Waals surface area (Å²) in [5.74, 6) is -2.12. The van der Waals surface area contributed by atoms with Gasteiger partial charge in [-0.3, -0.25) is 0 Å². The normalized spacial score (nSPS) is 26.3. The number of aliphatic carboxylic acids is 1. The van der Waals surface area contributed by atoms with E-state index in [9.17, 15) is 19.8 Å². The molecular formula is C12H20N2O7Pt-4. The number of aldehydes is 1. The minimum Gasteiger partial charge on any atom is -0.846 e. The summed E-state index contributed by atoms with van der Waals surface area (Å²) in [5.41, 5.74) is 14.6. The molecule has 0 aliphatic heterocycles. The van der Waals surface area contributed by atoms with E-state index in [2.05, 4.69) is 0 Å². The van der Waals surface area contributed by atoms with Gasteiger partial charge in [0.05, 0.1) is 6.10 Å². The fourth-order valence-corrected chi connectivity index (χ4v) is 1.73. The number of rotatable bonds is 5. The van der Waals surface area contributed by atoms with Crippen molar-refractivity contribution in [3.63, 3.8) is 0 Å². The molecule has 0 saturated heterocycles. The molecule has 9 nitrogen and oxygen atoms in total. The predicted octanol–water partition coefficient (Wildman–Crippen LogP) is -2.85. The molecule has 134 valence electrons. The smallest absolute Gasteiger partial charge is 0.151 e. The van der Waals surface area contributed by atoms with Gasteiger partial charge in [0.25, 0.3) is 0 Å². The van der Waals surface area contributed by atoms with Crippen LogP contribution in [0.1, 0.15) is 25.7 Å². The third kappa shape index (κ3) is 8.28. The summed E-state index contributed by atoms with van der Waals surface area (Å²) in [6, 6.07) is -0.160. The van der Waals surface area contributed by atoms with Crippen molar-refractivity contribution in [3.8, 4) is 0 Å². The molecule has 0 aromatic carbocycles. The molecule has 1 saturated carbocycles. The van der Waals surface area contributed by atoms with Gasteiger partial charge < -0.3 is 46.6 Å². The number of aliphatic hydroxyl groups excluding tert-OH is 3. The second-order valence-corrected chi connectivity index (χ2v) is 4.84. The Balaban J connectivity index is 0. The van der Waals surface area contributed by atoms with Crippen molar-refractivity contribution in [3.05, 3.63) is 11.5 Å². The first-order valence-electron chi connectivity index (χ1n) is 6.50. The van der Waals surface area contributed by atoms with Crippen LogP contribution in [0.2, 0.25) is 0 Å². The van der Waals surface area contributed by atoms with Crippen molar-refractivity contribution >= 4 is 12.3 Å². The maximum atomic E-state index is 10.5. The molecule has 0 spiro atoms. The summed E-state index contributed by atoms with van der Waals surface area (Å²) in [6.07, 6.45) is -4.90. The van der Waals surface area contributed by atoms with Crippen molar-refractivity contribution in [1.82, 2.24) is 0 Å². The summed E-state index contributed by atoms with van der Waals surface area (Å²) in [4.78, 5) is 19.7. The van der Waals surface area contributed by atoms with Crippen molar-refractivity contribution in [1.29, 1.82) is 0 Å². The second kappa shape index (κ2) is 12.1. The van der Waals surface area contributed by atoms with Crippen LogP contribution < -0.4 is 10.2 Å². The van der Waals surface area contributed by atoms with Crippen molar-refractivity contribution < 1.29 is 56.2 Å². The standard InChI is InChI=1S/C6H12N2.C6H9O7.Pt/c7-5-3-1-2-4-6(5)8;7-1-2(8)3(9)4(10)5(11)6(12)13;/h5-8H,1-4H2;1-5,8-10H,(H,12,13);/q-2;-1;/p-1. The summed E-state index contributed by atoms with van der Waals surface area (Å²) in [6.45, 7) is 0. The van der Waals surface area contributed by atoms with E-state index in [1.54, 1.807) is 0 Å². The van der Waals surface area contributed by atoms with Gasteiger partial charge in [-0.15, -0.1) is 0 Å². The van der Waals surface area contributed by atoms with Gasteiger partial charge in [-0.2, -0.15) is 12.1 Å². The van der Waals surface area contributed by atoms with Gasteiger partial charge >= 0.3 is 0 Å². The van der Waals surface area contributed by atoms with Crippen LogP contribution in [0.3, 0.4) is 0 Å². The summed E-state index contributed by atoms with van der Waals surface area (Å²) in [7, 11) is 0. The van der Waals surface area contributed by atoms with Crippen LogP contribution in [-0.2, 0) is 30.7 Å². The Labute approximate surface area is 142 Å². The Morgan fingerprint density at radius 1 is 1.09 bits per heavy atom. The predicted molar refractivity (Wildman–Crippen MR) is 67.6 cm³/mol. The molecule has 22 heavy (non-hydrogen) atoms. The molecule has 6 atom stereocenters. The molecule has 5 N–H and O–H groups in total. The maximum Gasteiger partial charge on any atom is 0.151 e. The molecule has 1 rings (SSSR count). The number of carbonyl (C=O) groups is 2. The van der Waals surface area contributed by atoms with Gasteiger partial charge in [-0.05, 0) is 0 Å². The number of nitrogens with one attached hydrogen (secondary N) is 2. The minimum atomic E-state index is -2.61. The first-order valence-corrected chi connectivity index (χ1v) is 6.50. The van der Waals surface area contributed by atoms with Crippen LogP contribution >= 0.6 is 0 Å². The van der Waals surface area contributed by atoms with Crippen LogP contribution in [-0.4, -0.2) is 64.1 Å². The minimum absolute atomic E-state index is 0. The van der Waals surface area contributed by atoms with E-state index in [-0.39, 0.29) is 39.4 Å². The van der Waals surface area contributed by atoms with Crippen molar-refractivity contribution in [2.75, 3.05) is 0 Å². The topological polar surface area (TPSA) is 189 Å². The Morgan fingerprint density at radius 3 is 1.77 bits per heavy atom. The molecule has 1 aliphatic rings. The largest absolute Gasteiger partial charge is 0.846 e. The first kappa shape index (κ1) is 23.8. The second-order valence-electron chi connectivity index (χ2n) is 4.84. The molecule has 10 heteroatoms. The quantitative estimate of drug-likeness (QED) is 0.339. The monoisotopic (exact) mass is 499 g/mol. The molecular weight excluding hydrogens is 479 g/mol. The van der Waals surface area contributed by atoms with E-state index in [1.807, 2.05) is 0 Å². The van der Waals surface area contributed by atoms with E-state index in [0.717, 1.165) is 12.8 Å². The molecule has 1 fully saturated rings. The number of aliphatic hydroxyl groups is 3. The Kier molecular flexibility index (Phi) is 13.1. The molecule has 0 bridgehead atoms. The maximum absolute atomic E-state index is 10.5. The van der Waals surface area contributed by atoms with Crippen LogP contribution in [0.5, 0.6) is 0 Å². The molecule has 6 unspecified atom stereocenters. The Morgan fingerprint density at radius 2 is 1.50 bits per heavy atom. The Bertz CT molecular complexity index is 325. The number of carboxylic acids is 1. The zero-order chi connectivity index (χ0) is 16.6. The van der Waals surface area contributed by atoms with E-state index in [1.165, 1.54) is 12.8 Å². The summed E-state index contributed by atoms with van der Waals surface area (Å²) < 4.78 is 0. The molecule has 0 radical (unpaired) electrons. The van der Waals surface area contributed by atoms with Gasteiger partial charge in [0, 0.05) is 27.0 Å². The van der Waals surface area contributed by atoms with Gasteiger partial charge in [0.2, 0.25) is 0 Å². The number of hydrogen-bond acceptors (Lipinski definition) is 7. The van der Waals surface area contributed by atoms with Gasteiger partial charge in [0.1, 0.15) is 12.2 Å². The van der Waals surface area contributed by atoms with Crippen molar-refractivity contribution in [2.45, 2.75) is 62.2 Å². The molecule has 0 heterocycles. The van der Waals surface area contributed by atoms with Crippen LogP contribution in [0, 0.1) is 0 Å². The van der Waals surface area contributed by atoms with Crippen LogP contribution in [0.4, 0.5) is 0 Å². The SMILES string of the molecule is O=CC(O)C(O)C(O)C([O-])C(=O)[O-].[NH-]C1CCCCC1[NH-].[Pt]. The molecule has 1 aliphatic carbocycles. The van der Waals surface area contributed by atoms with Crippen molar-refractivity contribution in [2.24, 2.45) is 0 Å². The summed E-state index contributed by atoms with van der Waals surface area (Å²) in [5, 5.41) is 46.5. The van der Waals surface area contributed by atoms with Crippen LogP contribution in [0.15, 0.2) is 0 Å². The van der Waals surface area contributed by atoms with Crippen LogP contribution in [0.25, 0.3) is 11.5 Å². The zero-order valence-electron chi connectivity index (χ0n) is 11.7. The fraction of sp³-hybridized carbons (Fsp3) is 0.833. The van der Waals surface area contributed by atoms with E-state index in [0.29, 0.717) is 0 Å². The Hall–Kier alpha value is -0.412. The molecule has 0 aromatic heterocycles. The third-order valence-corrected chi connectivity index (χ3v) is 3.15. The van der Waals surface area contributed by atoms with Gasteiger partial charge in [-0.1, -0.05) is 31.8 Å². The molecule has 0 amide bonds. The first-order chi connectivity index (χ1) is 9.72. The van der Waals surface area contributed by atoms with E-state index in [4.69, 9.17) is 26.8 Å². The average Bonchev–Trinajstić information content (AvgIpc) is 2.47. The van der Waals surface area contributed by atoms with E-state index >= 15 is 0 Å². The number of carbonyl (C=O) groups excluding carboxylic acids is 2. The number of hydrogen-bond donors (Lipinski definition) is 3. The average molecular weight is 499 g/mol. The van der Waals surface area contributed by atoms with Gasteiger partial charge in [-0.25, -0.2) is 0 Å². The summed E-state index contributed by atoms with van der Waals surface area (Å²) >= 11 is 0. The third-order valence-electron chi connectivity index (χ3n) is 3.15. The molecule has 0 aromatic rings. The van der Waals surface area contributed by atoms with E-state index < -0.39 is 30.4 Å². The van der Waals surface area contributed by atoms with Gasteiger partial charge in [0.15, 0.2) is 6.29 Å². The fourth-order valence-electron chi connectivity index (χ4n) is 1.73.